The van der Waals surface area contributed by atoms with E-state index in [1.165, 1.54) is 0 Å². The number of aromatic nitrogens is 1. The van der Waals surface area contributed by atoms with Crippen molar-refractivity contribution >= 4 is 5.82 Å². The normalized spacial score (nSPS) is 17.4. The molecule has 0 radical (unpaired) electrons. The zero-order chi connectivity index (χ0) is 13.0. The summed E-state index contributed by atoms with van der Waals surface area (Å²) in [4.78, 5) is 9.47. The van der Waals surface area contributed by atoms with Gasteiger partial charge >= 0.3 is 0 Å². The van der Waals surface area contributed by atoms with Gasteiger partial charge in [-0.15, -0.1) is 0 Å². The lowest BCUT2D eigenvalue weighted by Gasteiger charge is -2.33. The number of hydrogen-bond acceptors (Lipinski definition) is 4. The van der Waals surface area contributed by atoms with Crippen LogP contribution in [-0.2, 0) is 6.54 Å². The summed E-state index contributed by atoms with van der Waals surface area (Å²) in [6.45, 7) is 9.55. The van der Waals surface area contributed by atoms with Gasteiger partial charge in [0.2, 0.25) is 0 Å². The van der Waals surface area contributed by atoms with Crippen molar-refractivity contribution in [2.24, 2.45) is 0 Å². The van der Waals surface area contributed by atoms with Gasteiger partial charge in [0.15, 0.2) is 0 Å². The van der Waals surface area contributed by atoms with Gasteiger partial charge in [0.25, 0.3) is 0 Å². The number of pyridine rings is 1. The van der Waals surface area contributed by atoms with E-state index < -0.39 is 0 Å². The smallest absolute Gasteiger partial charge is 0.128 e. The van der Waals surface area contributed by atoms with Crippen LogP contribution in [0.25, 0.3) is 0 Å². The van der Waals surface area contributed by atoms with Gasteiger partial charge in [0.1, 0.15) is 5.82 Å². The Kier molecular flexibility index (Phi) is 4.55. The van der Waals surface area contributed by atoms with Crippen LogP contribution in [0.15, 0.2) is 18.2 Å². The lowest BCUT2D eigenvalue weighted by atomic mass is 10.3. The van der Waals surface area contributed by atoms with Crippen LogP contribution >= 0.6 is 0 Å². The minimum absolute atomic E-state index is 0.499. The molecular weight excluding hydrogens is 224 g/mol. The number of nitrogens with one attached hydrogen (secondary N) is 1. The molecule has 4 heteroatoms. The molecule has 1 aliphatic heterocycles. The highest BCUT2D eigenvalue weighted by Gasteiger charge is 2.15. The van der Waals surface area contributed by atoms with Crippen molar-refractivity contribution in [3.63, 3.8) is 0 Å². The molecule has 1 aromatic heterocycles. The van der Waals surface area contributed by atoms with E-state index in [1.54, 1.807) is 0 Å². The maximum Gasteiger partial charge on any atom is 0.128 e. The van der Waals surface area contributed by atoms with Crippen molar-refractivity contribution in [1.29, 1.82) is 0 Å². The maximum atomic E-state index is 4.74. The van der Waals surface area contributed by atoms with Gasteiger partial charge in [-0.05, 0) is 19.2 Å². The molecule has 0 atom stereocenters. The molecule has 2 heterocycles. The molecule has 0 saturated carbocycles. The Bertz CT molecular complexity index is 370. The summed E-state index contributed by atoms with van der Waals surface area (Å²) in [5.74, 6) is 1.12. The number of nitrogens with zero attached hydrogens (tertiary/aromatic N) is 3. The van der Waals surface area contributed by atoms with Crippen molar-refractivity contribution in [2.45, 2.75) is 26.4 Å². The third-order valence-electron chi connectivity index (χ3n) is 3.31. The summed E-state index contributed by atoms with van der Waals surface area (Å²) in [6, 6.07) is 6.82. The second-order valence-corrected chi connectivity index (χ2v) is 5.31. The Labute approximate surface area is 110 Å². The molecule has 1 aromatic rings. The van der Waals surface area contributed by atoms with Crippen LogP contribution in [0.4, 0.5) is 5.82 Å². The van der Waals surface area contributed by atoms with Gasteiger partial charge in [-0.25, -0.2) is 4.98 Å². The molecule has 0 unspecified atom stereocenters. The number of piperazine rings is 1. The van der Waals surface area contributed by atoms with Gasteiger partial charge in [0, 0.05) is 38.8 Å². The Hall–Kier alpha value is -1.13. The number of likely N-dealkylation sites (N-methyl/N-ethyl adjacent to an activating group) is 1. The molecule has 2 rings (SSSR count). The van der Waals surface area contributed by atoms with Crippen LogP contribution in [-0.4, -0.2) is 49.2 Å². The van der Waals surface area contributed by atoms with E-state index in [4.69, 9.17) is 4.98 Å². The van der Waals surface area contributed by atoms with E-state index in [9.17, 15) is 0 Å². The fourth-order valence-corrected chi connectivity index (χ4v) is 2.09. The first-order valence-corrected chi connectivity index (χ1v) is 6.78. The maximum absolute atomic E-state index is 4.74. The molecule has 1 N–H and O–H groups in total. The second-order valence-electron chi connectivity index (χ2n) is 5.31. The average molecular weight is 248 g/mol. The fourth-order valence-electron chi connectivity index (χ4n) is 2.09. The third kappa shape index (κ3) is 3.68. The molecule has 0 spiro atoms. The lowest BCUT2D eigenvalue weighted by Crippen LogP contribution is -2.44. The van der Waals surface area contributed by atoms with E-state index in [0.717, 1.165) is 44.2 Å². The molecule has 0 aliphatic carbocycles. The van der Waals surface area contributed by atoms with E-state index in [1.807, 2.05) is 0 Å². The SMILES string of the molecule is CC(C)NCc1cccc(N2CCN(C)CC2)n1. The molecule has 1 aliphatic rings. The summed E-state index contributed by atoms with van der Waals surface area (Å²) >= 11 is 0. The van der Waals surface area contributed by atoms with E-state index in [0.29, 0.717) is 6.04 Å². The Balaban J connectivity index is 1.98. The number of rotatable bonds is 4. The predicted octanol–water partition coefficient (Wildman–Crippen LogP) is 1.33. The average Bonchev–Trinajstić information content (AvgIpc) is 2.37. The number of anilines is 1. The van der Waals surface area contributed by atoms with Crippen molar-refractivity contribution in [2.75, 3.05) is 38.1 Å². The molecule has 18 heavy (non-hydrogen) atoms. The molecule has 1 fully saturated rings. The van der Waals surface area contributed by atoms with Crippen LogP contribution in [0.2, 0.25) is 0 Å². The molecule has 0 aromatic carbocycles. The monoisotopic (exact) mass is 248 g/mol. The van der Waals surface area contributed by atoms with Gasteiger partial charge in [-0.3, -0.25) is 0 Å². The van der Waals surface area contributed by atoms with Gasteiger partial charge in [-0.1, -0.05) is 19.9 Å². The Morgan fingerprint density at radius 1 is 1.22 bits per heavy atom. The third-order valence-corrected chi connectivity index (χ3v) is 3.31. The van der Waals surface area contributed by atoms with Crippen molar-refractivity contribution < 1.29 is 0 Å². The highest BCUT2D eigenvalue weighted by molar-refractivity contribution is 5.39. The second kappa shape index (κ2) is 6.16. The number of hydrogen-bond donors (Lipinski definition) is 1. The highest BCUT2D eigenvalue weighted by Crippen LogP contribution is 2.13. The summed E-state index contributed by atoms with van der Waals surface area (Å²) in [7, 11) is 2.17. The van der Waals surface area contributed by atoms with E-state index in [-0.39, 0.29) is 0 Å². The first-order valence-electron chi connectivity index (χ1n) is 6.78. The van der Waals surface area contributed by atoms with Crippen LogP contribution in [0.3, 0.4) is 0 Å². The standard InChI is InChI=1S/C14H24N4/c1-12(2)15-11-13-5-4-6-14(16-13)18-9-7-17(3)8-10-18/h4-6,12,15H,7-11H2,1-3H3. The molecule has 0 amide bonds. The molecule has 1 saturated heterocycles. The van der Waals surface area contributed by atoms with Gasteiger partial charge in [0.05, 0.1) is 5.69 Å². The summed E-state index contributed by atoms with van der Waals surface area (Å²) < 4.78 is 0. The Morgan fingerprint density at radius 3 is 2.61 bits per heavy atom. The predicted molar refractivity (Wildman–Crippen MR) is 75.9 cm³/mol. The minimum atomic E-state index is 0.499. The van der Waals surface area contributed by atoms with Crippen LogP contribution in [0.1, 0.15) is 19.5 Å². The summed E-state index contributed by atoms with van der Waals surface area (Å²) in [6.07, 6.45) is 0. The molecule has 0 bridgehead atoms. The minimum Gasteiger partial charge on any atom is -0.354 e. The van der Waals surface area contributed by atoms with Crippen molar-refractivity contribution in [3.8, 4) is 0 Å². The summed E-state index contributed by atoms with van der Waals surface area (Å²) in [5, 5.41) is 3.41. The van der Waals surface area contributed by atoms with Gasteiger partial charge < -0.3 is 15.1 Å². The first-order chi connectivity index (χ1) is 8.65. The van der Waals surface area contributed by atoms with Crippen molar-refractivity contribution in [3.05, 3.63) is 23.9 Å². The van der Waals surface area contributed by atoms with E-state index >= 15 is 0 Å². The fraction of sp³-hybridized carbons (Fsp3) is 0.643. The zero-order valence-electron chi connectivity index (χ0n) is 11.7. The van der Waals surface area contributed by atoms with Crippen LogP contribution in [0.5, 0.6) is 0 Å². The molecule has 4 nitrogen and oxygen atoms in total. The van der Waals surface area contributed by atoms with Crippen LogP contribution < -0.4 is 10.2 Å². The molecule has 100 valence electrons. The van der Waals surface area contributed by atoms with E-state index in [2.05, 4.69) is 54.2 Å². The lowest BCUT2D eigenvalue weighted by molar-refractivity contribution is 0.312. The quantitative estimate of drug-likeness (QED) is 0.871. The van der Waals surface area contributed by atoms with Gasteiger partial charge in [-0.2, -0.15) is 0 Å². The first kappa shape index (κ1) is 13.3. The van der Waals surface area contributed by atoms with Crippen molar-refractivity contribution in [1.82, 2.24) is 15.2 Å². The van der Waals surface area contributed by atoms with Crippen LogP contribution in [0, 0.1) is 0 Å². The largest absolute Gasteiger partial charge is 0.354 e. The summed E-state index contributed by atoms with van der Waals surface area (Å²) in [5.41, 5.74) is 1.13. The topological polar surface area (TPSA) is 31.4 Å². The highest BCUT2D eigenvalue weighted by atomic mass is 15.3. The zero-order valence-corrected chi connectivity index (χ0v) is 11.7. The molecular formula is C14H24N4. The Morgan fingerprint density at radius 2 is 1.94 bits per heavy atom.